The molecule has 0 radical (unpaired) electrons. The highest BCUT2D eigenvalue weighted by molar-refractivity contribution is 5.39. The van der Waals surface area contributed by atoms with Crippen molar-refractivity contribution >= 4 is 0 Å². The number of aliphatic hydroxyl groups is 1. The molecule has 2 N–H and O–H groups in total. The van der Waals surface area contributed by atoms with Gasteiger partial charge in [-0.3, -0.25) is 0 Å². The lowest BCUT2D eigenvalue weighted by atomic mass is 9.92. The maximum atomic E-state index is 13.3. The zero-order valence-corrected chi connectivity index (χ0v) is 12.2. The summed E-state index contributed by atoms with van der Waals surface area (Å²) in [5.41, 5.74) is 3.80. The first kappa shape index (κ1) is 14.2. The van der Waals surface area contributed by atoms with Crippen molar-refractivity contribution in [2.24, 2.45) is 0 Å². The summed E-state index contributed by atoms with van der Waals surface area (Å²) in [4.78, 5) is 0. The number of halogens is 1. The van der Waals surface area contributed by atoms with E-state index in [9.17, 15) is 9.50 Å². The van der Waals surface area contributed by atoms with Crippen LogP contribution in [0.25, 0.3) is 0 Å². The van der Waals surface area contributed by atoms with Gasteiger partial charge in [-0.2, -0.15) is 0 Å². The van der Waals surface area contributed by atoms with Crippen LogP contribution in [0.5, 0.6) is 0 Å². The molecule has 1 aliphatic rings. The van der Waals surface area contributed by atoms with Gasteiger partial charge in [0.15, 0.2) is 0 Å². The second kappa shape index (κ2) is 5.58. The number of nitrogens with one attached hydrogen (secondary N) is 1. The van der Waals surface area contributed by atoms with Gasteiger partial charge >= 0.3 is 0 Å². The summed E-state index contributed by atoms with van der Waals surface area (Å²) in [5.74, 6) is -0.179. The molecule has 0 saturated carbocycles. The highest BCUT2D eigenvalue weighted by Crippen LogP contribution is 2.36. The van der Waals surface area contributed by atoms with Crippen molar-refractivity contribution in [2.75, 3.05) is 6.61 Å². The van der Waals surface area contributed by atoms with Gasteiger partial charge in [0.1, 0.15) is 5.82 Å². The fraction of sp³-hybridized carbons (Fsp3) is 0.333. The molecular weight excluding hydrogens is 265 g/mol. The summed E-state index contributed by atoms with van der Waals surface area (Å²) in [6.07, 6.45) is 1.87. The molecule has 0 spiro atoms. The Morgan fingerprint density at radius 1 is 1.24 bits per heavy atom. The largest absolute Gasteiger partial charge is 0.394 e. The smallest absolute Gasteiger partial charge is 0.126 e. The van der Waals surface area contributed by atoms with Crippen LogP contribution in [0.1, 0.15) is 28.7 Å². The second-order valence-corrected chi connectivity index (χ2v) is 5.83. The Morgan fingerprint density at radius 3 is 2.81 bits per heavy atom. The van der Waals surface area contributed by atoms with E-state index < -0.39 is 0 Å². The van der Waals surface area contributed by atoms with Gasteiger partial charge in [0.05, 0.1) is 12.1 Å². The quantitative estimate of drug-likeness (QED) is 0.905. The average Bonchev–Trinajstić information content (AvgIpc) is 2.88. The number of hydrogen-bond donors (Lipinski definition) is 2. The molecule has 1 unspecified atom stereocenters. The third-order valence-electron chi connectivity index (χ3n) is 4.48. The predicted molar refractivity (Wildman–Crippen MR) is 81.5 cm³/mol. The van der Waals surface area contributed by atoms with Crippen LogP contribution >= 0.6 is 0 Å². The van der Waals surface area contributed by atoms with E-state index in [-0.39, 0.29) is 18.0 Å². The topological polar surface area (TPSA) is 32.3 Å². The van der Waals surface area contributed by atoms with Crippen LogP contribution in [0.2, 0.25) is 0 Å². The molecule has 2 aromatic rings. The van der Waals surface area contributed by atoms with E-state index in [1.54, 1.807) is 13.0 Å². The molecule has 110 valence electrons. The number of aryl methyl sites for hydroxylation is 2. The summed E-state index contributed by atoms with van der Waals surface area (Å²) >= 11 is 0. The minimum Gasteiger partial charge on any atom is -0.394 e. The van der Waals surface area contributed by atoms with Crippen LogP contribution in [0, 0.1) is 12.7 Å². The summed E-state index contributed by atoms with van der Waals surface area (Å²) in [6.45, 7) is 2.46. The van der Waals surface area contributed by atoms with Crippen LogP contribution in [0.4, 0.5) is 4.39 Å². The van der Waals surface area contributed by atoms with E-state index in [0.717, 1.165) is 18.4 Å². The minimum absolute atomic E-state index is 0.0736. The zero-order valence-electron chi connectivity index (χ0n) is 12.2. The average molecular weight is 285 g/mol. The summed E-state index contributed by atoms with van der Waals surface area (Å²) in [7, 11) is 0. The molecule has 0 saturated heterocycles. The number of fused-ring (bicyclic) bond motifs is 1. The monoisotopic (exact) mass is 285 g/mol. The standard InChI is InChI=1S/C18H20FNO/c1-13-10-14(6-7-17(13)19)11-20-18(12-21)9-8-15-4-2-3-5-16(15)18/h2-7,10,20-21H,8-9,11-12H2,1H3. The maximum absolute atomic E-state index is 13.3. The van der Waals surface area contributed by atoms with Crippen molar-refractivity contribution in [1.29, 1.82) is 0 Å². The third-order valence-corrected chi connectivity index (χ3v) is 4.48. The molecule has 3 rings (SSSR count). The third kappa shape index (κ3) is 2.59. The molecule has 1 atom stereocenters. The molecule has 0 heterocycles. The van der Waals surface area contributed by atoms with Crippen molar-refractivity contribution in [1.82, 2.24) is 5.32 Å². The molecule has 0 amide bonds. The van der Waals surface area contributed by atoms with E-state index in [2.05, 4.69) is 17.4 Å². The molecule has 3 heteroatoms. The van der Waals surface area contributed by atoms with Gasteiger partial charge < -0.3 is 10.4 Å². The number of aliphatic hydroxyl groups excluding tert-OH is 1. The van der Waals surface area contributed by atoms with Crippen LogP contribution in [-0.4, -0.2) is 11.7 Å². The lowest BCUT2D eigenvalue weighted by Gasteiger charge is -2.30. The van der Waals surface area contributed by atoms with Gasteiger partial charge in [0.2, 0.25) is 0 Å². The first-order valence-corrected chi connectivity index (χ1v) is 7.34. The van der Waals surface area contributed by atoms with Gasteiger partial charge in [-0.15, -0.1) is 0 Å². The molecule has 2 nitrogen and oxygen atoms in total. The fourth-order valence-corrected chi connectivity index (χ4v) is 3.18. The molecule has 2 aromatic carbocycles. The first-order chi connectivity index (χ1) is 10.1. The first-order valence-electron chi connectivity index (χ1n) is 7.34. The van der Waals surface area contributed by atoms with E-state index in [1.807, 2.05) is 18.2 Å². The van der Waals surface area contributed by atoms with Gasteiger partial charge in [-0.1, -0.05) is 36.4 Å². The Bertz CT molecular complexity index is 655. The summed E-state index contributed by atoms with van der Waals surface area (Å²) < 4.78 is 13.3. The van der Waals surface area contributed by atoms with Crippen molar-refractivity contribution in [2.45, 2.75) is 31.8 Å². The van der Waals surface area contributed by atoms with Crippen molar-refractivity contribution < 1.29 is 9.50 Å². The number of hydrogen-bond acceptors (Lipinski definition) is 2. The van der Waals surface area contributed by atoms with Gasteiger partial charge in [-0.05, 0) is 48.1 Å². The Morgan fingerprint density at radius 2 is 2.05 bits per heavy atom. The molecule has 1 aliphatic carbocycles. The Balaban J connectivity index is 1.81. The van der Waals surface area contributed by atoms with Crippen LogP contribution in [-0.2, 0) is 18.5 Å². The fourth-order valence-electron chi connectivity index (χ4n) is 3.18. The minimum atomic E-state index is -0.376. The van der Waals surface area contributed by atoms with Gasteiger partial charge in [-0.25, -0.2) is 4.39 Å². The molecule has 0 fully saturated rings. The zero-order chi connectivity index (χ0) is 14.9. The van der Waals surface area contributed by atoms with E-state index in [0.29, 0.717) is 12.1 Å². The Kier molecular flexibility index (Phi) is 3.79. The van der Waals surface area contributed by atoms with Gasteiger partial charge in [0.25, 0.3) is 0 Å². The Labute approximate surface area is 124 Å². The molecule has 0 aliphatic heterocycles. The van der Waals surface area contributed by atoms with Crippen LogP contribution < -0.4 is 5.32 Å². The van der Waals surface area contributed by atoms with E-state index >= 15 is 0 Å². The number of benzene rings is 2. The van der Waals surface area contributed by atoms with Crippen molar-refractivity contribution in [3.05, 3.63) is 70.5 Å². The lowest BCUT2D eigenvalue weighted by molar-refractivity contribution is 0.159. The highest BCUT2D eigenvalue weighted by atomic mass is 19.1. The molecular formula is C18H20FNO. The predicted octanol–water partition coefficient (Wildman–Crippen LogP) is 3.06. The van der Waals surface area contributed by atoms with Crippen LogP contribution in [0.15, 0.2) is 42.5 Å². The second-order valence-electron chi connectivity index (χ2n) is 5.83. The summed E-state index contributed by atoms with van der Waals surface area (Å²) in [5, 5.41) is 13.4. The van der Waals surface area contributed by atoms with E-state index in [4.69, 9.17) is 0 Å². The molecule has 0 bridgehead atoms. The normalized spacial score (nSPS) is 20.5. The lowest BCUT2D eigenvalue weighted by Crippen LogP contribution is -2.43. The highest BCUT2D eigenvalue weighted by Gasteiger charge is 2.37. The SMILES string of the molecule is Cc1cc(CNC2(CO)CCc3ccccc32)ccc1F. The van der Waals surface area contributed by atoms with Crippen LogP contribution in [0.3, 0.4) is 0 Å². The number of rotatable bonds is 4. The Hall–Kier alpha value is -1.71. The van der Waals surface area contributed by atoms with Crippen molar-refractivity contribution in [3.63, 3.8) is 0 Å². The maximum Gasteiger partial charge on any atom is 0.126 e. The molecule has 0 aromatic heterocycles. The summed E-state index contributed by atoms with van der Waals surface area (Å²) in [6, 6.07) is 13.4. The molecule has 21 heavy (non-hydrogen) atoms. The van der Waals surface area contributed by atoms with E-state index in [1.165, 1.54) is 17.2 Å². The van der Waals surface area contributed by atoms with Crippen molar-refractivity contribution in [3.8, 4) is 0 Å². The van der Waals surface area contributed by atoms with Gasteiger partial charge in [0, 0.05) is 6.54 Å².